The number of amides is 2. The van der Waals surface area contributed by atoms with E-state index in [1.165, 1.54) is 23.9 Å². The summed E-state index contributed by atoms with van der Waals surface area (Å²) in [7, 11) is 0. The van der Waals surface area contributed by atoms with Crippen molar-refractivity contribution in [1.82, 2.24) is 10.2 Å². The molecule has 1 unspecified atom stereocenters. The summed E-state index contributed by atoms with van der Waals surface area (Å²) < 4.78 is 13.5. The molecule has 3 rings (SSSR count). The van der Waals surface area contributed by atoms with E-state index in [4.69, 9.17) is 0 Å². The lowest BCUT2D eigenvalue weighted by Gasteiger charge is -2.34. The minimum Gasteiger partial charge on any atom is -0.350 e. The van der Waals surface area contributed by atoms with Crippen LogP contribution >= 0.6 is 11.8 Å². The Balaban J connectivity index is 1.91. The van der Waals surface area contributed by atoms with Gasteiger partial charge in [-0.1, -0.05) is 60.7 Å². The fourth-order valence-electron chi connectivity index (χ4n) is 3.54. The molecule has 6 heteroatoms. The van der Waals surface area contributed by atoms with E-state index in [-0.39, 0.29) is 29.9 Å². The molecule has 0 aliphatic carbocycles. The van der Waals surface area contributed by atoms with Crippen LogP contribution in [0, 0.1) is 5.82 Å². The lowest BCUT2D eigenvalue weighted by atomic mass is 10.0. The summed E-state index contributed by atoms with van der Waals surface area (Å²) in [6, 6.07) is 24.7. The second kappa shape index (κ2) is 11.8. The Kier molecular flexibility index (Phi) is 8.88. The van der Waals surface area contributed by atoms with Crippen molar-refractivity contribution in [3.8, 4) is 0 Å². The van der Waals surface area contributed by atoms with Crippen molar-refractivity contribution in [2.24, 2.45) is 0 Å². The Bertz CT molecular complexity index is 1070. The number of carbonyl (C=O) groups is 2. The standard InChI is InChI=1S/C28H31FN2O2S/c1-28(2,3)30-27(33)25(18-21-10-6-4-7-11-21)31(19-22-14-16-23(29)17-15-22)26(32)20-34-24-12-8-5-9-13-24/h4-17,25H,18-20H2,1-3H3,(H,30,33). The molecule has 0 fully saturated rings. The number of nitrogens with one attached hydrogen (secondary N) is 1. The fourth-order valence-corrected chi connectivity index (χ4v) is 4.34. The Morgan fingerprint density at radius 2 is 1.47 bits per heavy atom. The maximum Gasteiger partial charge on any atom is 0.243 e. The normalized spacial score (nSPS) is 12.1. The molecule has 0 radical (unpaired) electrons. The lowest BCUT2D eigenvalue weighted by molar-refractivity contribution is -0.140. The zero-order valence-electron chi connectivity index (χ0n) is 19.8. The van der Waals surface area contributed by atoms with E-state index in [9.17, 15) is 14.0 Å². The number of hydrogen-bond donors (Lipinski definition) is 1. The second-order valence-corrected chi connectivity index (χ2v) is 10.2. The Hall–Kier alpha value is -3.12. The van der Waals surface area contributed by atoms with Crippen LogP contribution in [0.2, 0.25) is 0 Å². The summed E-state index contributed by atoms with van der Waals surface area (Å²) in [6.45, 7) is 5.97. The van der Waals surface area contributed by atoms with Gasteiger partial charge in [-0.15, -0.1) is 11.8 Å². The van der Waals surface area contributed by atoms with Crippen molar-refractivity contribution in [2.45, 2.75) is 50.2 Å². The number of hydrogen-bond acceptors (Lipinski definition) is 3. The predicted octanol–water partition coefficient (Wildman–Crippen LogP) is 5.47. The minimum absolute atomic E-state index is 0.150. The molecule has 178 valence electrons. The summed E-state index contributed by atoms with van der Waals surface area (Å²) in [4.78, 5) is 29.6. The molecular formula is C28H31FN2O2S. The fraction of sp³-hybridized carbons (Fsp3) is 0.286. The summed E-state index contributed by atoms with van der Waals surface area (Å²) in [5, 5.41) is 3.04. The first kappa shape index (κ1) is 25.5. The molecule has 0 aliphatic rings. The van der Waals surface area contributed by atoms with Gasteiger partial charge in [-0.05, 0) is 56.2 Å². The molecule has 1 N–H and O–H groups in total. The number of carbonyl (C=O) groups excluding carboxylic acids is 2. The highest BCUT2D eigenvalue weighted by atomic mass is 32.2. The zero-order valence-corrected chi connectivity index (χ0v) is 20.6. The van der Waals surface area contributed by atoms with Gasteiger partial charge in [0.05, 0.1) is 5.75 Å². The van der Waals surface area contributed by atoms with Crippen molar-refractivity contribution < 1.29 is 14.0 Å². The number of benzene rings is 3. The summed E-state index contributed by atoms with van der Waals surface area (Å²) >= 11 is 1.44. The number of rotatable bonds is 9. The van der Waals surface area contributed by atoms with E-state index in [1.807, 2.05) is 81.4 Å². The molecule has 0 bridgehead atoms. The van der Waals surface area contributed by atoms with Crippen molar-refractivity contribution in [3.05, 3.63) is 102 Å². The molecular weight excluding hydrogens is 447 g/mol. The maximum atomic E-state index is 13.5. The van der Waals surface area contributed by atoms with Gasteiger partial charge in [-0.25, -0.2) is 4.39 Å². The molecule has 34 heavy (non-hydrogen) atoms. The molecule has 0 spiro atoms. The minimum atomic E-state index is -0.712. The van der Waals surface area contributed by atoms with Crippen LogP contribution in [-0.2, 0) is 22.6 Å². The van der Waals surface area contributed by atoms with Crippen LogP contribution < -0.4 is 5.32 Å². The van der Waals surface area contributed by atoms with Gasteiger partial charge in [0.1, 0.15) is 11.9 Å². The summed E-state index contributed by atoms with van der Waals surface area (Å²) in [5.74, 6) is -0.508. The second-order valence-electron chi connectivity index (χ2n) is 9.19. The average molecular weight is 479 g/mol. The highest BCUT2D eigenvalue weighted by molar-refractivity contribution is 8.00. The van der Waals surface area contributed by atoms with Crippen LogP contribution in [0.4, 0.5) is 4.39 Å². The van der Waals surface area contributed by atoms with Crippen LogP contribution in [0.1, 0.15) is 31.9 Å². The maximum absolute atomic E-state index is 13.5. The van der Waals surface area contributed by atoms with Crippen LogP contribution in [0.3, 0.4) is 0 Å². The highest BCUT2D eigenvalue weighted by Gasteiger charge is 2.32. The third kappa shape index (κ3) is 8.03. The molecule has 3 aromatic rings. The summed E-state index contributed by atoms with van der Waals surface area (Å²) in [6.07, 6.45) is 0.381. The van der Waals surface area contributed by atoms with Crippen LogP contribution in [-0.4, -0.2) is 34.0 Å². The zero-order chi connectivity index (χ0) is 24.6. The Labute approximate surface area is 205 Å². The van der Waals surface area contributed by atoms with Gasteiger partial charge >= 0.3 is 0 Å². The third-order valence-corrected chi connectivity index (χ3v) is 6.14. The Morgan fingerprint density at radius 3 is 2.06 bits per heavy atom. The van der Waals surface area contributed by atoms with Crippen molar-refractivity contribution in [2.75, 3.05) is 5.75 Å². The quantitative estimate of drug-likeness (QED) is 0.415. The third-order valence-electron chi connectivity index (χ3n) is 5.14. The smallest absolute Gasteiger partial charge is 0.243 e. The average Bonchev–Trinajstić information content (AvgIpc) is 2.81. The number of thioether (sulfide) groups is 1. The SMILES string of the molecule is CC(C)(C)NC(=O)C(Cc1ccccc1)N(Cc1ccc(F)cc1)C(=O)CSc1ccccc1. The largest absolute Gasteiger partial charge is 0.350 e. The van der Waals surface area contributed by atoms with Gasteiger partial charge in [0.25, 0.3) is 0 Å². The van der Waals surface area contributed by atoms with Gasteiger partial charge in [-0.3, -0.25) is 9.59 Å². The number of nitrogens with zero attached hydrogens (tertiary/aromatic N) is 1. The van der Waals surface area contributed by atoms with Gasteiger partial charge in [0.15, 0.2) is 0 Å². The van der Waals surface area contributed by atoms with E-state index in [0.29, 0.717) is 6.42 Å². The monoisotopic (exact) mass is 478 g/mol. The van der Waals surface area contributed by atoms with E-state index in [2.05, 4.69) is 5.32 Å². The lowest BCUT2D eigenvalue weighted by Crippen LogP contribution is -2.54. The Morgan fingerprint density at radius 1 is 0.882 bits per heavy atom. The molecule has 0 saturated heterocycles. The summed E-state index contributed by atoms with van der Waals surface area (Å²) in [5.41, 5.74) is 1.28. The molecule has 1 atom stereocenters. The molecule has 3 aromatic carbocycles. The van der Waals surface area contributed by atoms with E-state index in [1.54, 1.807) is 17.0 Å². The molecule has 0 heterocycles. The highest BCUT2D eigenvalue weighted by Crippen LogP contribution is 2.21. The molecule has 0 aromatic heterocycles. The first-order valence-corrected chi connectivity index (χ1v) is 12.3. The van der Waals surface area contributed by atoms with Gasteiger partial charge in [0, 0.05) is 23.4 Å². The molecule has 0 saturated carbocycles. The molecule has 2 amide bonds. The first-order valence-electron chi connectivity index (χ1n) is 11.3. The topological polar surface area (TPSA) is 49.4 Å². The van der Waals surface area contributed by atoms with Crippen LogP contribution in [0.25, 0.3) is 0 Å². The predicted molar refractivity (Wildman–Crippen MR) is 136 cm³/mol. The number of halogens is 1. The molecule has 4 nitrogen and oxygen atoms in total. The van der Waals surface area contributed by atoms with Gasteiger partial charge in [-0.2, -0.15) is 0 Å². The van der Waals surface area contributed by atoms with Gasteiger partial charge in [0.2, 0.25) is 11.8 Å². The van der Waals surface area contributed by atoms with E-state index < -0.39 is 11.6 Å². The first-order chi connectivity index (χ1) is 16.2. The van der Waals surface area contributed by atoms with Crippen molar-refractivity contribution in [3.63, 3.8) is 0 Å². The molecule has 0 aliphatic heterocycles. The van der Waals surface area contributed by atoms with E-state index in [0.717, 1.165) is 16.0 Å². The van der Waals surface area contributed by atoms with Gasteiger partial charge < -0.3 is 10.2 Å². The van der Waals surface area contributed by atoms with Crippen molar-refractivity contribution in [1.29, 1.82) is 0 Å². The van der Waals surface area contributed by atoms with Crippen LogP contribution in [0.5, 0.6) is 0 Å². The van der Waals surface area contributed by atoms with Crippen molar-refractivity contribution >= 4 is 23.6 Å². The van der Waals surface area contributed by atoms with Crippen LogP contribution in [0.15, 0.2) is 89.8 Å². The van der Waals surface area contributed by atoms with E-state index >= 15 is 0 Å².